The minimum atomic E-state index is 0.212. The van der Waals surface area contributed by atoms with Gasteiger partial charge in [0.05, 0.1) is 0 Å². The summed E-state index contributed by atoms with van der Waals surface area (Å²) >= 11 is 7.56. The molecule has 1 aromatic carbocycles. The monoisotopic (exact) mass is 309 g/mol. The molecule has 1 N–H and O–H groups in total. The van der Waals surface area contributed by atoms with Crippen molar-refractivity contribution in [3.63, 3.8) is 0 Å². The van der Waals surface area contributed by atoms with Crippen molar-refractivity contribution in [3.05, 3.63) is 29.3 Å². The van der Waals surface area contributed by atoms with Gasteiger partial charge in [-0.25, -0.2) is 0 Å². The van der Waals surface area contributed by atoms with Crippen LogP contribution in [0.3, 0.4) is 0 Å². The normalized spacial score (nSPS) is 27.8. The second kappa shape index (κ2) is 6.40. The maximum atomic E-state index is 12.0. The summed E-state index contributed by atoms with van der Waals surface area (Å²) in [5, 5.41) is 3.99. The van der Waals surface area contributed by atoms with Gasteiger partial charge in [-0.1, -0.05) is 18.0 Å². The van der Waals surface area contributed by atoms with Crippen LogP contribution in [0.5, 0.6) is 0 Å². The smallest absolute Gasteiger partial charge is 0.221 e. The van der Waals surface area contributed by atoms with Gasteiger partial charge in [0.15, 0.2) is 0 Å². The topological polar surface area (TPSA) is 29.1 Å². The summed E-state index contributed by atoms with van der Waals surface area (Å²) in [5.74, 6) is 2.68. The lowest BCUT2D eigenvalue weighted by molar-refractivity contribution is -0.121. The number of nitrogens with one attached hydrogen (secondary N) is 1. The van der Waals surface area contributed by atoms with Crippen LogP contribution in [0, 0.1) is 11.8 Å². The molecule has 3 atom stereocenters. The van der Waals surface area contributed by atoms with Gasteiger partial charge in [-0.3, -0.25) is 4.79 Å². The first-order valence-corrected chi connectivity index (χ1v) is 8.75. The van der Waals surface area contributed by atoms with E-state index >= 15 is 0 Å². The third-order valence-electron chi connectivity index (χ3n) is 4.50. The van der Waals surface area contributed by atoms with Crippen molar-refractivity contribution in [3.8, 4) is 0 Å². The summed E-state index contributed by atoms with van der Waals surface area (Å²) in [7, 11) is 0. The molecule has 2 aliphatic rings. The Balaban J connectivity index is 1.38. The largest absolute Gasteiger partial charge is 0.353 e. The molecule has 1 aromatic rings. The Bertz CT molecular complexity index is 476. The Morgan fingerprint density at radius 1 is 1.25 bits per heavy atom. The van der Waals surface area contributed by atoms with Crippen molar-refractivity contribution in [2.45, 2.75) is 43.0 Å². The van der Waals surface area contributed by atoms with Crippen LogP contribution in [0.2, 0.25) is 5.02 Å². The fourth-order valence-corrected chi connectivity index (χ4v) is 4.47. The van der Waals surface area contributed by atoms with Crippen molar-refractivity contribution in [1.29, 1.82) is 0 Å². The Kier molecular flexibility index (Phi) is 4.57. The molecule has 0 spiro atoms. The van der Waals surface area contributed by atoms with Crippen LogP contribution in [-0.2, 0) is 4.79 Å². The van der Waals surface area contributed by atoms with Gasteiger partial charge in [-0.05, 0) is 55.4 Å². The number of hydrogen-bond donors (Lipinski definition) is 1. The van der Waals surface area contributed by atoms with Crippen molar-refractivity contribution >= 4 is 29.3 Å². The minimum absolute atomic E-state index is 0.212. The maximum absolute atomic E-state index is 12.0. The first kappa shape index (κ1) is 14.3. The molecule has 3 rings (SSSR count). The Labute approximate surface area is 129 Å². The highest BCUT2D eigenvalue weighted by molar-refractivity contribution is 7.99. The lowest BCUT2D eigenvalue weighted by atomic mass is 9.95. The average molecular weight is 310 g/mol. The molecule has 108 valence electrons. The van der Waals surface area contributed by atoms with Crippen molar-refractivity contribution in [1.82, 2.24) is 5.32 Å². The lowest BCUT2D eigenvalue weighted by Crippen LogP contribution is -2.38. The standard InChI is InChI=1S/C16H20ClNOS/c17-13-3-5-14(6-4-13)20-8-7-16(19)18-15-10-11-1-2-12(15)9-11/h3-6,11-12,15H,1-2,7-10H2,(H,18,19)/t11-,12-,15+/m0/s1. The molecular formula is C16H20ClNOS. The molecule has 0 aromatic heterocycles. The van der Waals surface area contributed by atoms with Gasteiger partial charge in [0.2, 0.25) is 5.91 Å². The van der Waals surface area contributed by atoms with E-state index in [1.54, 1.807) is 11.8 Å². The van der Waals surface area contributed by atoms with E-state index in [-0.39, 0.29) is 5.91 Å². The van der Waals surface area contributed by atoms with E-state index in [4.69, 9.17) is 11.6 Å². The van der Waals surface area contributed by atoms with Gasteiger partial charge < -0.3 is 5.32 Å². The summed E-state index contributed by atoms with van der Waals surface area (Å²) in [4.78, 5) is 13.1. The first-order chi connectivity index (χ1) is 9.70. The zero-order valence-corrected chi connectivity index (χ0v) is 13.1. The quantitative estimate of drug-likeness (QED) is 0.829. The maximum Gasteiger partial charge on any atom is 0.221 e. The van der Waals surface area contributed by atoms with E-state index in [2.05, 4.69) is 5.32 Å². The van der Waals surface area contributed by atoms with E-state index in [1.807, 2.05) is 24.3 Å². The fraction of sp³-hybridized carbons (Fsp3) is 0.562. The second-order valence-corrected chi connectivity index (χ2v) is 7.51. The molecule has 20 heavy (non-hydrogen) atoms. The highest BCUT2D eigenvalue weighted by Crippen LogP contribution is 2.44. The first-order valence-electron chi connectivity index (χ1n) is 7.38. The molecule has 1 amide bonds. The zero-order valence-electron chi connectivity index (χ0n) is 11.5. The lowest BCUT2D eigenvalue weighted by Gasteiger charge is -2.22. The number of carbonyl (C=O) groups is 1. The summed E-state index contributed by atoms with van der Waals surface area (Å²) in [6, 6.07) is 8.24. The van der Waals surface area contributed by atoms with Gasteiger partial charge >= 0.3 is 0 Å². The molecule has 0 radical (unpaired) electrons. The number of fused-ring (bicyclic) bond motifs is 2. The molecule has 2 saturated carbocycles. The van der Waals surface area contributed by atoms with Crippen LogP contribution in [-0.4, -0.2) is 17.7 Å². The van der Waals surface area contributed by atoms with E-state index < -0.39 is 0 Å². The molecule has 2 aliphatic carbocycles. The van der Waals surface area contributed by atoms with Gasteiger partial charge in [0.1, 0.15) is 0 Å². The van der Waals surface area contributed by atoms with Gasteiger partial charge in [-0.2, -0.15) is 0 Å². The van der Waals surface area contributed by atoms with Gasteiger partial charge in [0.25, 0.3) is 0 Å². The Morgan fingerprint density at radius 3 is 2.70 bits per heavy atom. The Hall–Kier alpha value is -0.670. The summed E-state index contributed by atoms with van der Waals surface area (Å²) in [6.45, 7) is 0. The van der Waals surface area contributed by atoms with Crippen LogP contribution >= 0.6 is 23.4 Å². The minimum Gasteiger partial charge on any atom is -0.353 e. The average Bonchev–Trinajstić information content (AvgIpc) is 3.03. The summed E-state index contributed by atoms with van der Waals surface area (Å²) in [6.07, 6.45) is 5.84. The summed E-state index contributed by atoms with van der Waals surface area (Å²) in [5.41, 5.74) is 0. The molecule has 2 fully saturated rings. The van der Waals surface area contributed by atoms with E-state index in [9.17, 15) is 4.79 Å². The molecule has 4 heteroatoms. The van der Waals surface area contributed by atoms with Crippen LogP contribution in [0.4, 0.5) is 0 Å². The number of amides is 1. The number of carbonyl (C=O) groups excluding carboxylic acids is 1. The third-order valence-corrected chi connectivity index (χ3v) is 5.76. The molecule has 0 saturated heterocycles. The molecule has 0 heterocycles. The summed E-state index contributed by atoms with van der Waals surface area (Å²) < 4.78 is 0. The van der Waals surface area contributed by atoms with Gasteiger partial charge in [0, 0.05) is 28.1 Å². The fourth-order valence-electron chi connectivity index (χ4n) is 3.49. The van der Waals surface area contributed by atoms with Crippen LogP contribution in [0.1, 0.15) is 32.1 Å². The highest BCUT2D eigenvalue weighted by Gasteiger charge is 2.39. The van der Waals surface area contributed by atoms with Crippen molar-refractivity contribution in [2.75, 3.05) is 5.75 Å². The number of hydrogen-bond acceptors (Lipinski definition) is 2. The molecule has 2 nitrogen and oxygen atoms in total. The van der Waals surface area contributed by atoms with Crippen LogP contribution in [0.25, 0.3) is 0 Å². The molecule has 0 aliphatic heterocycles. The molecular weight excluding hydrogens is 290 g/mol. The van der Waals surface area contributed by atoms with E-state index in [0.717, 1.165) is 22.6 Å². The van der Waals surface area contributed by atoms with E-state index in [0.29, 0.717) is 12.5 Å². The van der Waals surface area contributed by atoms with Crippen LogP contribution in [0.15, 0.2) is 29.2 Å². The predicted molar refractivity (Wildman–Crippen MR) is 84.2 cm³/mol. The van der Waals surface area contributed by atoms with Gasteiger partial charge in [-0.15, -0.1) is 11.8 Å². The number of rotatable bonds is 5. The zero-order chi connectivity index (χ0) is 13.9. The van der Waals surface area contributed by atoms with Crippen LogP contribution < -0.4 is 5.32 Å². The third kappa shape index (κ3) is 3.50. The molecule has 2 bridgehead atoms. The predicted octanol–water partition coefficient (Wildman–Crippen LogP) is 4.13. The van der Waals surface area contributed by atoms with Crippen molar-refractivity contribution < 1.29 is 4.79 Å². The number of benzene rings is 1. The number of thioether (sulfide) groups is 1. The van der Waals surface area contributed by atoms with E-state index in [1.165, 1.54) is 30.6 Å². The molecule has 0 unspecified atom stereocenters. The number of halogens is 1. The second-order valence-electron chi connectivity index (χ2n) is 5.90. The highest BCUT2D eigenvalue weighted by atomic mass is 35.5. The Morgan fingerprint density at radius 2 is 2.05 bits per heavy atom. The SMILES string of the molecule is O=C(CCSc1ccc(Cl)cc1)N[C@@H]1C[C@H]2CC[C@H]1C2. The van der Waals surface area contributed by atoms with Crippen molar-refractivity contribution in [2.24, 2.45) is 11.8 Å².